The van der Waals surface area contributed by atoms with Crippen LogP contribution < -0.4 is 11.1 Å². The molecular formula is C14H14N4O. The number of fused-ring (bicyclic) bond motifs is 1. The van der Waals surface area contributed by atoms with E-state index in [4.69, 9.17) is 10.2 Å². The molecule has 2 heterocycles. The molecule has 0 radical (unpaired) electrons. The quantitative estimate of drug-likeness (QED) is 0.734. The Labute approximate surface area is 110 Å². The third-order valence-corrected chi connectivity index (χ3v) is 2.86. The first-order valence-corrected chi connectivity index (χ1v) is 5.98. The number of nitrogen functional groups attached to an aromatic ring is 1. The molecule has 0 fully saturated rings. The second kappa shape index (κ2) is 4.28. The number of nitrogens with one attached hydrogen (secondary N) is 1. The summed E-state index contributed by atoms with van der Waals surface area (Å²) in [7, 11) is 0. The summed E-state index contributed by atoms with van der Waals surface area (Å²) < 4.78 is 5.44. The molecule has 0 bridgehead atoms. The van der Waals surface area contributed by atoms with E-state index >= 15 is 0 Å². The number of rotatable bonds is 2. The molecule has 0 amide bonds. The number of benzene rings is 1. The minimum Gasteiger partial charge on any atom is -0.441 e. The van der Waals surface area contributed by atoms with Gasteiger partial charge >= 0.3 is 0 Å². The second-order valence-corrected chi connectivity index (χ2v) is 4.47. The average Bonchev–Trinajstić information content (AvgIpc) is 2.72. The topological polar surface area (TPSA) is 77.0 Å². The van der Waals surface area contributed by atoms with Gasteiger partial charge in [0, 0.05) is 12.6 Å². The lowest BCUT2D eigenvalue weighted by atomic mass is 10.2. The molecule has 1 aromatic carbocycles. The zero-order valence-corrected chi connectivity index (χ0v) is 10.8. The van der Waals surface area contributed by atoms with Crippen LogP contribution in [0.2, 0.25) is 0 Å². The third kappa shape index (κ3) is 2.22. The van der Waals surface area contributed by atoms with E-state index in [1.807, 2.05) is 38.1 Å². The molecule has 5 heteroatoms. The van der Waals surface area contributed by atoms with Crippen molar-refractivity contribution in [3.05, 3.63) is 41.9 Å². The zero-order valence-electron chi connectivity index (χ0n) is 10.8. The molecule has 0 aliphatic carbocycles. The van der Waals surface area contributed by atoms with Gasteiger partial charge in [0.05, 0.1) is 11.9 Å². The number of anilines is 3. The number of pyridine rings is 1. The Balaban J connectivity index is 1.96. The van der Waals surface area contributed by atoms with Crippen LogP contribution in [-0.4, -0.2) is 9.97 Å². The lowest BCUT2D eigenvalue weighted by molar-refractivity contribution is 0.561. The van der Waals surface area contributed by atoms with E-state index in [0.717, 1.165) is 28.2 Å². The number of aromatic nitrogens is 2. The Kier molecular flexibility index (Phi) is 2.59. The number of hydrogen-bond donors (Lipinski definition) is 2. The number of nitrogens with two attached hydrogens (primary N) is 1. The van der Waals surface area contributed by atoms with Gasteiger partial charge in [-0.15, -0.1) is 0 Å². The van der Waals surface area contributed by atoms with Gasteiger partial charge < -0.3 is 15.5 Å². The number of oxazole rings is 1. The average molecular weight is 254 g/mol. The van der Waals surface area contributed by atoms with E-state index in [9.17, 15) is 0 Å². The van der Waals surface area contributed by atoms with Crippen LogP contribution in [0, 0.1) is 13.8 Å². The Bertz CT molecular complexity index is 748. The van der Waals surface area contributed by atoms with Crippen LogP contribution in [0.5, 0.6) is 0 Å². The molecule has 0 aliphatic heterocycles. The van der Waals surface area contributed by atoms with Crippen LogP contribution in [0.3, 0.4) is 0 Å². The van der Waals surface area contributed by atoms with E-state index in [0.29, 0.717) is 11.6 Å². The fourth-order valence-corrected chi connectivity index (χ4v) is 1.98. The van der Waals surface area contributed by atoms with Crippen molar-refractivity contribution in [3.63, 3.8) is 0 Å². The highest BCUT2D eigenvalue weighted by atomic mass is 16.3. The lowest BCUT2D eigenvalue weighted by Crippen LogP contribution is -1.98. The van der Waals surface area contributed by atoms with Gasteiger partial charge in [-0.1, -0.05) is 0 Å². The maximum absolute atomic E-state index is 5.69. The molecule has 0 saturated heterocycles. The van der Waals surface area contributed by atoms with Crippen molar-refractivity contribution >= 4 is 28.3 Å². The molecule has 0 saturated carbocycles. The summed E-state index contributed by atoms with van der Waals surface area (Å²) in [5.74, 6) is 1.45. The van der Waals surface area contributed by atoms with E-state index in [-0.39, 0.29) is 0 Å². The van der Waals surface area contributed by atoms with E-state index < -0.39 is 0 Å². The first-order chi connectivity index (χ1) is 9.11. The Hall–Kier alpha value is -2.56. The molecule has 96 valence electrons. The van der Waals surface area contributed by atoms with Crippen LogP contribution in [0.25, 0.3) is 11.1 Å². The zero-order chi connectivity index (χ0) is 13.4. The maximum atomic E-state index is 5.69. The predicted octanol–water partition coefficient (Wildman–Crippen LogP) is 3.17. The number of nitrogens with zero attached hydrogens (tertiary/aromatic N) is 2. The van der Waals surface area contributed by atoms with Gasteiger partial charge in [-0.3, -0.25) is 0 Å². The molecule has 19 heavy (non-hydrogen) atoms. The van der Waals surface area contributed by atoms with Crippen molar-refractivity contribution in [2.75, 3.05) is 11.1 Å². The van der Waals surface area contributed by atoms with Gasteiger partial charge in [-0.05, 0) is 36.8 Å². The monoisotopic (exact) mass is 254 g/mol. The van der Waals surface area contributed by atoms with Crippen molar-refractivity contribution in [2.45, 2.75) is 13.8 Å². The molecule has 3 aromatic rings. The van der Waals surface area contributed by atoms with Crippen molar-refractivity contribution in [1.82, 2.24) is 9.97 Å². The van der Waals surface area contributed by atoms with Gasteiger partial charge in [-0.2, -0.15) is 0 Å². The van der Waals surface area contributed by atoms with E-state index in [2.05, 4.69) is 15.3 Å². The predicted molar refractivity (Wildman–Crippen MR) is 75.4 cm³/mol. The Morgan fingerprint density at radius 3 is 2.84 bits per heavy atom. The smallest absolute Gasteiger partial charge is 0.192 e. The van der Waals surface area contributed by atoms with Crippen LogP contribution in [0.15, 0.2) is 34.9 Å². The lowest BCUT2D eigenvalue weighted by Gasteiger charge is -2.08. The van der Waals surface area contributed by atoms with Crippen LogP contribution in [0.1, 0.15) is 11.5 Å². The number of aryl methyl sites for hydroxylation is 2. The van der Waals surface area contributed by atoms with Crippen molar-refractivity contribution in [3.8, 4) is 0 Å². The molecule has 3 N–H and O–H groups in total. The molecule has 5 nitrogen and oxygen atoms in total. The highest BCUT2D eigenvalue weighted by Crippen LogP contribution is 2.23. The Morgan fingerprint density at radius 2 is 2.05 bits per heavy atom. The van der Waals surface area contributed by atoms with Crippen LogP contribution >= 0.6 is 0 Å². The van der Waals surface area contributed by atoms with E-state index in [1.54, 1.807) is 6.20 Å². The minimum absolute atomic E-state index is 0.658. The van der Waals surface area contributed by atoms with Gasteiger partial charge in [-0.25, -0.2) is 9.97 Å². The van der Waals surface area contributed by atoms with Crippen molar-refractivity contribution in [1.29, 1.82) is 0 Å². The fraction of sp³-hybridized carbons (Fsp3) is 0.143. The first kappa shape index (κ1) is 11.5. The summed E-state index contributed by atoms with van der Waals surface area (Å²) >= 11 is 0. The highest BCUT2D eigenvalue weighted by molar-refractivity contribution is 5.78. The summed E-state index contributed by atoms with van der Waals surface area (Å²) in [4.78, 5) is 8.58. The summed E-state index contributed by atoms with van der Waals surface area (Å²) in [6.07, 6.45) is 1.63. The molecule has 2 aromatic heterocycles. The summed E-state index contributed by atoms with van der Waals surface area (Å²) in [6, 6.07) is 7.64. The Morgan fingerprint density at radius 1 is 1.21 bits per heavy atom. The SMILES string of the molecule is Cc1nc2cc(Nc3ncc(N)cc3C)ccc2o1. The van der Waals surface area contributed by atoms with Crippen molar-refractivity contribution in [2.24, 2.45) is 0 Å². The molecule has 3 rings (SSSR count). The second-order valence-electron chi connectivity index (χ2n) is 4.47. The largest absolute Gasteiger partial charge is 0.441 e. The first-order valence-electron chi connectivity index (χ1n) is 5.98. The van der Waals surface area contributed by atoms with Crippen LogP contribution in [-0.2, 0) is 0 Å². The maximum Gasteiger partial charge on any atom is 0.192 e. The summed E-state index contributed by atoms with van der Waals surface area (Å²) in [5.41, 5.74) is 9.87. The van der Waals surface area contributed by atoms with Gasteiger partial charge in [0.25, 0.3) is 0 Å². The standard InChI is InChI=1S/C14H14N4O/c1-8-5-10(15)7-16-14(8)18-11-3-4-13-12(6-11)17-9(2)19-13/h3-7H,15H2,1-2H3,(H,16,18). The third-order valence-electron chi connectivity index (χ3n) is 2.86. The normalized spacial score (nSPS) is 10.8. The summed E-state index contributed by atoms with van der Waals surface area (Å²) in [6.45, 7) is 3.79. The fourth-order valence-electron chi connectivity index (χ4n) is 1.98. The van der Waals surface area contributed by atoms with Crippen LogP contribution in [0.4, 0.5) is 17.2 Å². The summed E-state index contributed by atoms with van der Waals surface area (Å²) in [5, 5.41) is 3.25. The van der Waals surface area contributed by atoms with Gasteiger partial charge in [0.15, 0.2) is 11.5 Å². The highest BCUT2D eigenvalue weighted by Gasteiger charge is 2.05. The molecular weight excluding hydrogens is 240 g/mol. The van der Waals surface area contributed by atoms with Gasteiger partial charge in [0.1, 0.15) is 11.3 Å². The van der Waals surface area contributed by atoms with Gasteiger partial charge in [0.2, 0.25) is 0 Å². The molecule has 0 unspecified atom stereocenters. The van der Waals surface area contributed by atoms with E-state index in [1.165, 1.54) is 0 Å². The minimum atomic E-state index is 0.658. The number of hydrogen-bond acceptors (Lipinski definition) is 5. The van der Waals surface area contributed by atoms with Crippen molar-refractivity contribution < 1.29 is 4.42 Å². The molecule has 0 atom stereocenters. The molecule has 0 aliphatic rings. The molecule has 0 spiro atoms.